The maximum Gasteiger partial charge on any atom is 0.0844 e. The minimum absolute atomic E-state index is 0.594. The number of rotatable bonds is 3. The van der Waals surface area contributed by atoms with E-state index in [1.54, 1.807) is 4.68 Å². The average Bonchev–Trinajstić information content (AvgIpc) is 2.74. The van der Waals surface area contributed by atoms with Crippen molar-refractivity contribution in [1.29, 1.82) is 0 Å². The minimum atomic E-state index is 0.594. The summed E-state index contributed by atoms with van der Waals surface area (Å²) in [5, 5.41) is 8.20. The number of halogens is 1. The Labute approximate surface area is 109 Å². The lowest BCUT2D eigenvalue weighted by atomic mass is 10.1. The highest BCUT2D eigenvalue weighted by atomic mass is 79.9. The molecule has 1 aromatic carbocycles. The Morgan fingerprint density at radius 2 is 1.94 bits per heavy atom. The summed E-state index contributed by atoms with van der Waals surface area (Å²) in [7, 11) is 0. The minimum Gasteiger partial charge on any atom is -0.330 e. The molecule has 0 saturated heterocycles. The van der Waals surface area contributed by atoms with Crippen LogP contribution in [0.5, 0.6) is 0 Å². The zero-order valence-electron chi connectivity index (χ0n) is 9.94. The van der Waals surface area contributed by atoms with Gasteiger partial charge < -0.3 is 5.73 Å². The van der Waals surface area contributed by atoms with Crippen LogP contribution in [0.2, 0.25) is 0 Å². The Hall–Kier alpha value is -1.20. The molecule has 90 valence electrons. The summed E-state index contributed by atoms with van der Waals surface area (Å²) >= 11 is 3.55. The molecular formula is C12H15BrN4. The number of hydrogen-bond acceptors (Lipinski definition) is 3. The van der Waals surface area contributed by atoms with E-state index in [0.29, 0.717) is 6.54 Å². The first-order valence-corrected chi connectivity index (χ1v) is 6.29. The normalized spacial score (nSPS) is 10.8. The molecule has 2 N–H and O–H groups in total. The quantitative estimate of drug-likeness (QED) is 0.944. The van der Waals surface area contributed by atoms with Gasteiger partial charge >= 0.3 is 0 Å². The fourth-order valence-corrected chi connectivity index (χ4v) is 1.97. The van der Waals surface area contributed by atoms with Gasteiger partial charge in [0.25, 0.3) is 0 Å². The summed E-state index contributed by atoms with van der Waals surface area (Å²) < 4.78 is 2.93. The van der Waals surface area contributed by atoms with Gasteiger partial charge in [0.1, 0.15) is 0 Å². The van der Waals surface area contributed by atoms with E-state index in [0.717, 1.165) is 22.3 Å². The van der Waals surface area contributed by atoms with Crippen molar-refractivity contribution < 1.29 is 0 Å². The van der Waals surface area contributed by atoms with Crippen molar-refractivity contribution in [2.75, 3.05) is 6.54 Å². The molecule has 2 rings (SSSR count). The first-order chi connectivity index (χ1) is 8.11. The highest BCUT2D eigenvalue weighted by Gasteiger charge is 2.06. The fourth-order valence-electron chi connectivity index (χ4n) is 1.74. The van der Waals surface area contributed by atoms with Gasteiger partial charge in [-0.2, -0.15) is 0 Å². The first kappa shape index (κ1) is 12.3. The van der Waals surface area contributed by atoms with Crippen LogP contribution in [-0.2, 0) is 6.42 Å². The van der Waals surface area contributed by atoms with Crippen molar-refractivity contribution >= 4 is 15.9 Å². The van der Waals surface area contributed by atoms with Crippen LogP contribution in [0.1, 0.15) is 16.8 Å². The molecule has 0 bridgehead atoms. The molecule has 0 aliphatic rings. The molecule has 0 aliphatic carbocycles. The van der Waals surface area contributed by atoms with Gasteiger partial charge in [0.15, 0.2) is 0 Å². The lowest BCUT2D eigenvalue weighted by Crippen LogP contribution is -2.02. The van der Waals surface area contributed by atoms with Gasteiger partial charge in [-0.05, 0) is 43.7 Å². The largest absolute Gasteiger partial charge is 0.330 e. The fraction of sp³-hybridized carbons (Fsp3) is 0.333. The molecule has 0 atom stereocenters. The molecule has 0 fully saturated rings. The number of nitrogens with zero attached hydrogens (tertiary/aromatic N) is 3. The molecule has 0 saturated carbocycles. The molecule has 0 amide bonds. The molecule has 0 spiro atoms. The average molecular weight is 295 g/mol. The van der Waals surface area contributed by atoms with Crippen LogP contribution in [0.3, 0.4) is 0 Å². The van der Waals surface area contributed by atoms with E-state index in [1.807, 2.05) is 6.20 Å². The number of nitrogens with two attached hydrogens (primary N) is 1. The third-order valence-corrected chi connectivity index (χ3v) is 3.88. The van der Waals surface area contributed by atoms with Gasteiger partial charge in [0.05, 0.1) is 17.6 Å². The molecule has 0 unspecified atom stereocenters. The molecular weight excluding hydrogens is 280 g/mol. The summed E-state index contributed by atoms with van der Waals surface area (Å²) in [5.41, 5.74) is 9.82. The number of aryl methyl sites for hydroxylation is 2. The smallest absolute Gasteiger partial charge is 0.0844 e. The predicted octanol–water partition coefficient (Wildman–Crippen LogP) is 2.15. The van der Waals surface area contributed by atoms with E-state index in [1.165, 1.54) is 11.1 Å². The Kier molecular flexibility index (Phi) is 3.59. The van der Waals surface area contributed by atoms with Gasteiger partial charge in [-0.1, -0.05) is 21.1 Å². The third kappa shape index (κ3) is 2.56. The highest BCUT2D eigenvalue weighted by molar-refractivity contribution is 9.10. The molecule has 2 aromatic rings. The van der Waals surface area contributed by atoms with Crippen molar-refractivity contribution in [2.45, 2.75) is 20.3 Å². The standard InChI is InChI=1S/C12H15BrN4/c1-8-5-11(6-9(2)12(8)13)17-7-10(3-4-14)15-16-17/h5-7H,3-4,14H2,1-2H3. The molecule has 4 nitrogen and oxygen atoms in total. The Morgan fingerprint density at radius 1 is 1.29 bits per heavy atom. The van der Waals surface area contributed by atoms with Crippen LogP contribution in [0.4, 0.5) is 0 Å². The topological polar surface area (TPSA) is 56.7 Å². The van der Waals surface area contributed by atoms with Crippen molar-refractivity contribution in [3.8, 4) is 5.69 Å². The second-order valence-electron chi connectivity index (χ2n) is 4.09. The number of aromatic nitrogens is 3. The van der Waals surface area contributed by atoms with Gasteiger partial charge in [0.2, 0.25) is 0 Å². The number of benzene rings is 1. The van der Waals surface area contributed by atoms with Crippen LogP contribution in [0.25, 0.3) is 5.69 Å². The van der Waals surface area contributed by atoms with E-state index < -0.39 is 0 Å². The Balaban J connectivity index is 2.39. The molecule has 0 aliphatic heterocycles. The van der Waals surface area contributed by atoms with Crippen LogP contribution in [0.15, 0.2) is 22.8 Å². The molecule has 1 heterocycles. The monoisotopic (exact) mass is 294 g/mol. The second kappa shape index (κ2) is 4.98. The maximum atomic E-state index is 5.49. The van der Waals surface area contributed by atoms with Crippen LogP contribution in [-0.4, -0.2) is 21.5 Å². The zero-order valence-corrected chi connectivity index (χ0v) is 11.5. The lowest BCUT2D eigenvalue weighted by molar-refractivity contribution is 0.793. The van der Waals surface area contributed by atoms with Gasteiger partial charge in [-0.25, -0.2) is 4.68 Å². The molecule has 5 heteroatoms. The van der Waals surface area contributed by atoms with E-state index >= 15 is 0 Å². The van der Waals surface area contributed by atoms with Gasteiger partial charge in [-0.3, -0.25) is 0 Å². The van der Waals surface area contributed by atoms with E-state index in [2.05, 4.69) is 52.2 Å². The Morgan fingerprint density at radius 3 is 2.53 bits per heavy atom. The number of hydrogen-bond donors (Lipinski definition) is 1. The lowest BCUT2D eigenvalue weighted by Gasteiger charge is -2.07. The first-order valence-electron chi connectivity index (χ1n) is 5.50. The van der Waals surface area contributed by atoms with E-state index in [9.17, 15) is 0 Å². The Bertz CT molecular complexity index is 510. The maximum absolute atomic E-state index is 5.49. The van der Waals surface area contributed by atoms with E-state index in [-0.39, 0.29) is 0 Å². The van der Waals surface area contributed by atoms with Crippen molar-refractivity contribution in [3.05, 3.63) is 39.6 Å². The highest BCUT2D eigenvalue weighted by Crippen LogP contribution is 2.24. The van der Waals surface area contributed by atoms with Gasteiger partial charge in [-0.15, -0.1) is 5.10 Å². The van der Waals surface area contributed by atoms with Crippen LogP contribution in [0, 0.1) is 13.8 Å². The molecule has 1 aromatic heterocycles. The predicted molar refractivity (Wildman–Crippen MR) is 71.3 cm³/mol. The van der Waals surface area contributed by atoms with Crippen molar-refractivity contribution in [3.63, 3.8) is 0 Å². The summed E-state index contributed by atoms with van der Waals surface area (Å²) in [6.45, 7) is 4.73. The molecule has 0 radical (unpaired) electrons. The summed E-state index contributed by atoms with van der Waals surface area (Å²) in [5.74, 6) is 0. The third-order valence-electron chi connectivity index (χ3n) is 2.63. The second-order valence-corrected chi connectivity index (χ2v) is 4.88. The summed E-state index contributed by atoms with van der Waals surface area (Å²) in [4.78, 5) is 0. The van der Waals surface area contributed by atoms with Crippen molar-refractivity contribution in [2.24, 2.45) is 5.73 Å². The van der Waals surface area contributed by atoms with Crippen LogP contribution < -0.4 is 5.73 Å². The summed E-state index contributed by atoms with van der Waals surface area (Å²) in [6, 6.07) is 4.16. The van der Waals surface area contributed by atoms with Crippen molar-refractivity contribution in [1.82, 2.24) is 15.0 Å². The van der Waals surface area contributed by atoms with Crippen LogP contribution >= 0.6 is 15.9 Å². The SMILES string of the molecule is Cc1cc(-n2cc(CCN)nn2)cc(C)c1Br. The zero-order chi connectivity index (χ0) is 12.4. The molecule has 17 heavy (non-hydrogen) atoms. The summed E-state index contributed by atoms with van der Waals surface area (Å²) in [6.07, 6.45) is 2.68. The van der Waals surface area contributed by atoms with E-state index in [4.69, 9.17) is 5.73 Å². The van der Waals surface area contributed by atoms with Gasteiger partial charge in [0, 0.05) is 10.9 Å².